The average Bonchev–Trinajstić information content (AvgIpc) is 2.26. The first-order chi connectivity index (χ1) is 8.66. The van der Waals surface area contributed by atoms with Gasteiger partial charge >= 0.3 is 12.1 Å². The molecule has 0 saturated carbocycles. The fourth-order valence-corrected chi connectivity index (χ4v) is 1.38. The Hall–Kier alpha value is -2.24. The largest absolute Gasteiger partial charge is 0.481 e. The maximum Gasteiger partial charge on any atom is 0.416 e. The van der Waals surface area contributed by atoms with Crippen LogP contribution in [-0.4, -0.2) is 16.1 Å². The molecule has 19 heavy (non-hydrogen) atoms. The molecule has 0 bridgehead atoms. The van der Waals surface area contributed by atoms with Crippen molar-refractivity contribution in [3.63, 3.8) is 0 Å². The first kappa shape index (κ1) is 14.8. The number of hydrogen-bond donors (Lipinski definition) is 1. The molecule has 0 aliphatic carbocycles. The van der Waals surface area contributed by atoms with E-state index in [9.17, 15) is 26.7 Å². The standard InChI is InChI=1S/C10H5F5N2O2/c11-9(12)6-2-5(10(13,14)15)4(1-8(18)19)7(3-16)17-6/h2,9H,1H2,(H,18,19). The topological polar surface area (TPSA) is 74.0 Å². The molecule has 1 heterocycles. The Balaban J connectivity index is 3.59. The van der Waals surface area contributed by atoms with Gasteiger partial charge in [0, 0.05) is 5.56 Å². The molecule has 0 atom stereocenters. The van der Waals surface area contributed by atoms with Crippen molar-refractivity contribution in [3.05, 3.63) is 28.6 Å². The Morgan fingerprint density at radius 3 is 2.42 bits per heavy atom. The SMILES string of the molecule is N#Cc1nc(C(F)F)cc(C(F)(F)F)c1CC(=O)O. The minimum Gasteiger partial charge on any atom is -0.481 e. The molecular formula is C10H5F5N2O2. The molecule has 4 nitrogen and oxygen atoms in total. The zero-order chi connectivity index (χ0) is 14.8. The van der Waals surface area contributed by atoms with Gasteiger partial charge in [0.1, 0.15) is 17.5 Å². The van der Waals surface area contributed by atoms with Crippen LogP contribution in [0.25, 0.3) is 0 Å². The molecule has 1 aromatic heterocycles. The maximum absolute atomic E-state index is 12.7. The monoisotopic (exact) mass is 280 g/mol. The van der Waals surface area contributed by atoms with Crippen LogP contribution in [0.3, 0.4) is 0 Å². The van der Waals surface area contributed by atoms with Crippen molar-refractivity contribution < 1.29 is 31.9 Å². The van der Waals surface area contributed by atoms with Gasteiger partial charge in [-0.25, -0.2) is 13.8 Å². The fourth-order valence-electron chi connectivity index (χ4n) is 1.38. The molecule has 9 heteroatoms. The summed E-state index contributed by atoms with van der Waals surface area (Å²) < 4.78 is 62.8. The van der Waals surface area contributed by atoms with Crippen molar-refractivity contribution in [3.8, 4) is 6.07 Å². The zero-order valence-corrected chi connectivity index (χ0v) is 9.00. The van der Waals surface area contributed by atoms with Crippen LogP contribution in [0, 0.1) is 11.3 Å². The maximum atomic E-state index is 12.7. The number of halogens is 5. The summed E-state index contributed by atoms with van der Waals surface area (Å²) in [7, 11) is 0. The van der Waals surface area contributed by atoms with Gasteiger partial charge in [0.2, 0.25) is 0 Å². The Kier molecular flexibility index (Phi) is 4.04. The molecule has 0 radical (unpaired) electrons. The van der Waals surface area contributed by atoms with Crippen LogP contribution >= 0.6 is 0 Å². The number of pyridine rings is 1. The predicted octanol–water partition coefficient (Wildman–Crippen LogP) is 2.54. The molecule has 102 valence electrons. The summed E-state index contributed by atoms with van der Waals surface area (Å²) >= 11 is 0. The fraction of sp³-hybridized carbons (Fsp3) is 0.300. The molecule has 0 fully saturated rings. The number of carbonyl (C=O) groups is 1. The van der Waals surface area contributed by atoms with Crippen LogP contribution in [0.1, 0.15) is 28.9 Å². The number of aliphatic carboxylic acids is 1. The highest BCUT2D eigenvalue weighted by atomic mass is 19.4. The Morgan fingerprint density at radius 1 is 1.47 bits per heavy atom. The number of hydrogen-bond acceptors (Lipinski definition) is 3. The Morgan fingerprint density at radius 2 is 2.05 bits per heavy atom. The number of nitriles is 1. The Bertz CT molecular complexity index is 548. The predicted molar refractivity (Wildman–Crippen MR) is 50.3 cm³/mol. The van der Waals surface area contributed by atoms with Crippen molar-refractivity contribution in [2.45, 2.75) is 19.0 Å². The molecule has 0 aromatic carbocycles. The van der Waals surface area contributed by atoms with Crippen LogP contribution in [0.2, 0.25) is 0 Å². The van der Waals surface area contributed by atoms with Gasteiger partial charge in [-0.2, -0.15) is 18.4 Å². The molecule has 1 rings (SSSR count). The summed E-state index contributed by atoms with van der Waals surface area (Å²) in [4.78, 5) is 13.5. The second-order valence-electron chi connectivity index (χ2n) is 3.40. The van der Waals surface area contributed by atoms with E-state index in [4.69, 9.17) is 10.4 Å². The molecule has 0 aliphatic rings. The molecule has 0 amide bonds. The van der Waals surface area contributed by atoms with Crippen molar-refractivity contribution in [2.75, 3.05) is 0 Å². The van der Waals surface area contributed by atoms with Gasteiger partial charge in [-0.15, -0.1) is 0 Å². The summed E-state index contributed by atoms with van der Waals surface area (Å²) in [6, 6.07) is 1.26. The first-order valence-electron chi connectivity index (χ1n) is 4.68. The third-order valence-corrected chi connectivity index (χ3v) is 2.11. The van der Waals surface area contributed by atoms with Gasteiger partial charge in [-0.3, -0.25) is 4.79 Å². The van der Waals surface area contributed by atoms with Crippen molar-refractivity contribution in [1.29, 1.82) is 5.26 Å². The number of aromatic nitrogens is 1. The van der Waals surface area contributed by atoms with Crippen LogP contribution in [0.15, 0.2) is 6.07 Å². The molecule has 1 aromatic rings. The highest BCUT2D eigenvalue weighted by Crippen LogP contribution is 2.35. The second-order valence-corrected chi connectivity index (χ2v) is 3.40. The highest BCUT2D eigenvalue weighted by Gasteiger charge is 2.37. The lowest BCUT2D eigenvalue weighted by atomic mass is 10.0. The van der Waals surface area contributed by atoms with Crippen molar-refractivity contribution in [2.24, 2.45) is 0 Å². The van der Waals surface area contributed by atoms with Gasteiger partial charge in [0.05, 0.1) is 12.0 Å². The van der Waals surface area contributed by atoms with Gasteiger partial charge in [-0.1, -0.05) is 0 Å². The summed E-state index contributed by atoms with van der Waals surface area (Å²) in [5.41, 5.74) is -4.70. The van der Waals surface area contributed by atoms with Crippen LogP contribution in [0.4, 0.5) is 22.0 Å². The highest BCUT2D eigenvalue weighted by molar-refractivity contribution is 5.72. The number of carboxylic acid groups (broad SMARTS) is 1. The van der Waals surface area contributed by atoms with Gasteiger partial charge in [0.15, 0.2) is 0 Å². The van der Waals surface area contributed by atoms with Crippen molar-refractivity contribution in [1.82, 2.24) is 4.98 Å². The van der Waals surface area contributed by atoms with E-state index >= 15 is 0 Å². The van der Waals surface area contributed by atoms with Crippen LogP contribution < -0.4 is 0 Å². The average molecular weight is 280 g/mol. The van der Waals surface area contributed by atoms with E-state index in [1.807, 2.05) is 0 Å². The van der Waals surface area contributed by atoms with E-state index in [2.05, 4.69) is 4.98 Å². The van der Waals surface area contributed by atoms with Crippen molar-refractivity contribution >= 4 is 5.97 Å². The number of rotatable bonds is 3. The third kappa shape index (κ3) is 3.37. The first-order valence-corrected chi connectivity index (χ1v) is 4.68. The smallest absolute Gasteiger partial charge is 0.416 e. The number of nitrogens with zero attached hydrogens (tertiary/aromatic N) is 2. The number of carboxylic acids is 1. The molecular weight excluding hydrogens is 275 g/mol. The zero-order valence-electron chi connectivity index (χ0n) is 9.00. The van der Waals surface area contributed by atoms with E-state index in [0.717, 1.165) is 0 Å². The quantitative estimate of drug-likeness (QED) is 0.863. The number of alkyl halides is 5. The molecule has 0 saturated heterocycles. The normalized spacial score (nSPS) is 11.4. The molecule has 0 spiro atoms. The van der Waals surface area contributed by atoms with E-state index in [1.54, 1.807) is 0 Å². The molecule has 0 unspecified atom stereocenters. The van der Waals surface area contributed by atoms with E-state index < -0.39 is 47.5 Å². The second kappa shape index (κ2) is 5.17. The molecule has 1 N–H and O–H groups in total. The van der Waals surface area contributed by atoms with Gasteiger partial charge in [-0.05, 0) is 6.07 Å². The minimum absolute atomic E-state index is 0.0593. The summed E-state index contributed by atoms with van der Waals surface area (Å²) in [5.74, 6) is -1.63. The van der Waals surface area contributed by atoms with E-state index in [-0.39, 0.29) is 6.07 Å². The Labute approximate surface area is 103 Å². The lowest BCUT2D eigenvalue weighted by Gasteiger charge is -2.14. The van der Waals surface area contributed by atoms with Gasteiger partial charge < -0.3 is 5.11 Å². The lowest BCUT2D eigenvalue weighted by molar-refractivity contribution is -0.139. The van der Waals surface area contributed by atoms with Crippen LogP contribution in [-0.2, 0) is 17.4 Å². The summed E-state index contributed by atoms with van der Waals surface area (Å²) in [5, 5.41) is 17.1. The van der Waals surface area contributed by atoms with E-state index in [1.165, 1.54) is 6.07 Å². The van der Waals surface area contributed by atoms with E-state index in [0.29, 0.717) is 0 Å². The van der Waals surface area contributed by atoms with Gasteiger partial charge in [0.25, 0.3) is 6.43 Å². The summed E-state index contributed by atoms with van der Waals surface area (Å²) in [6.07, 6.45) is -9.48. The summed E-state index contributed by atoms with van der Waals surface area (Å²) in [6.45, 7) is 0. The lowest BCUT2D eigenvalue weighted by Crippen LogP contribution is -2.16. The minimum atomic E-state index is -5.05. The van der Waals surface area contributed by atoms with Crippen LogP contribution in [0.5, 0.6) is 0 Å². The third-order valence-electron chi connectivity index (χ3n) is 2.11. The molecule has 0 aliphatic heterocycles.